The van der Waals surface area contributed by atoms with E-state index in [1.165, 1.54) is 16.5 Å². The highest BCUT2D eigenvalue weighted by Gasteiger charge is 2.24. The first-order valence-electron chi connectivity index (χ1n) is 9.15. The number of amides is 1. The average molecular weight is 348 g/mol. The second kappa shape index (κ2) is 6.48. The molecule has 0 aliphatic carbocycles. The van der Waals surface area contributed by atoms with Crippen LogP contribution in [-0.4, -0.2) is 38.7 Å². The summed E-state index contributed by atoms with van der Waals surface area (Å²) in [5.74, 6) is 0.0728. The Labute approximate surface area is 153 Å². The topological polar surface area (TPSA) is 53.9 Å². The Balaban J connectivity index is 1.55. The number of para-hydroxylation sites is 1. The maximum atomic E-state index is 12.9. The summed E-state index contributed by atoms with van der Waals surface area (Å²) in [5, 5.41) is 5.61. The van der Waals surface area contributed by atoms with E-state index in [4.69, 9.17) is 0 Å². The molecule has 26 heavy (non-hydrogen) atoms. The van der Waals surface area contributed by atoms with Gasteiger partial charge < -0.3 is 9.88 Å². The van der Waals surface area contributed by atoms with E-state index in [2.05, 4.69) is 54.4 Å². The number of carbonyl (C=O) groups is 1. The van der Waals surface area contributed by atoms with Crippen molar-refractivity contribution in [3.05, 3.63) is 59.6 Å². The molecule has 2 aromatic heterocycles. The fourth-order valence-corrected chi connectivity index (χ4v) is 3.76. The Hall–Kier alpha value is -2.82. The molecule has 3 heterocycles. The van der Waals surface area contributed by atoms with Gasteiger partial charge in [0.2, 0.25) is 0 Å². The molecule has 5 heteroatoms. The molecule has 1 aliphatic rings. The molecule has 1 amide bonds. The molecule has 134 valence electrons. The number of aromatic amines is 1. The lowest BCUT2D eigenvalue weighted by atomic mass is 9.98. The highest BCUT2D eigenvalue weighted by Crippen LogP contribution is 2.29. The standard InChI is InChI=1S/C21H24N4O/c1-14(2)25-15(3)18(13-23-25)21(26)24-10-8-16(9-11-24)19-12-22-20-7-5-4-6-17(19)20/h4-8,12-14,22H,9-11H2,1-3H3. The molecule has 0 fully saturated rings. The maximum Gasteiger partial charge on any atom is 0.257 e. The number of benzene rings is 1. The van der Waals surface area contributed by atoms with Crippen LogP contribution >= 0.6 is 0 Å². The summed E-state index contributed by atoms with van der Waals surface area (Å²) in [6, 6.07) is 8.59. The van der Waals surface area contributed by atoms with Crippen LogP contribution < -0.4 is 0 Å². The van der Waals surface area contributed by atoms with E-state index in [0.29, 0.717) is 12.1 Å². The average Bonchev–Trinajstić information content (AvgIpc) is 3.25. The Bertz CT molecular complexity index is 993. The van der Waals surface area contributed by atoms with Crippen molar-refractivity contribution in [3.63, 3.8) is 0 Å². The van der Waals surface area contributed by atoms with Crippen molar-refractivity contribution in [3.8, 4) is 0 Å². The van der Waals surface area contributed by atoms with Gasteiger partial charge in [-0.05, 0) is 38.8 Å². The number of nitrogens with zero attached hydrogens (tertiary/aromatic N) is 3. The monoisotopic (exact) mass is 348 g/mol. The van der Waals surface area contributed by atoms with Crippen LogP contribution in [0, 0.1) is 6.92 Å². The van der Waals surface area contributed by atoms with Gasteiger partial charge in [0.1, 0.15) is 0 Å². The molecule has 5 nitrogen and oxygen atoms in total. The first-order valence-corrected chi connectivity index (χ1v) is 9.15. The molecule has 0 atom stereocenters. The molecule has 4 rings (SSSR count). The number of H-pyrrole nitrogens is 1. The maximum absolute atomic E-state index is 12.9. The van der Waals surface area contributed by atoms with Crippen molar-refractivity contribution in [1.82, 2.24) is 19.7 Å². The zero-order chi connectivity index (χ0) is 18.3. The molecule has 1 aromatic carbocycles. The Morgan fingerprint density at radius 3 is 2.77 bits per heavy atom. The predicted octanol–water partition coefficient (Wildman–Crippen LogP) is 4.18. The summed E-state index contributed by atoms with van der Waals surface area (Å²) >= 11 is 0. The van der Waals surface area contributed by atoms with Crippen molar-refractivity contribution in [2.75, 3.05) is 13.1 Å². The fraction of sp³-hybridized carbons (Fsp3) is 0.333. The van der Waals surface area contributed by atoms with Gasteiger partial charge in [-0.2, -0.15) is 5.10 Å². The first-order chi connectivity index (χ1) is 12.6. The van der Waals surface area contributed by atoms with Crippen LogP contribution in [0.4, 0.5) is 0 Å². The lowest BCUT2D eigenvalue weighted by Gasteiger charge is -2.26. The van der Waals surface area contributed by atoms with Gasteiger partial charge in [-0.15, -0.1) is 0 Å². The van der Waals surface area contributed by atoms with Gasteiger partial charge in [0.15, 0.2) is 0 Å². The summed E-state index contributed by atoms with van der Waals surface area (Å²) in [5.41, 5.74) is 5.36. The van der Waals surface area contributed by atoms with Crippen LogP contribution in [0.15, 0.2) is 42.7 Å². The SMILES string of the molecule is Cc1c(C(=O)N2CC=C(c3c[nH]c4ccccc34)CC2)cnn1C(C)C. The van der Waals surface area contributed by atoms with Crippen LogP contribution in [0.5, 0.6) is 0 Å². The normalized spacial score (nSPS) is 14.9. The minimum Gasteiger partial charge on any atom is -0.361 e. The second-order valence-corrected chi connectivity index (χ2v) is 7.16. The zero-order valence-corrected chi connectivity index (χ0v) is 15.5. The smallest absolute Gasteiger partial charge is 0.257 e. The number of nitrogens with one attached hydrogen (secondary N) is 1. The van der Waals surface area contributed by atoms with Crippen molar-refractivity contribution in [2.45, 2.75) is 33.2 Å². The van der Waals surface area contributed by atoms with Gasteiger partial charge in [-0.3, -0.25) is 9.48 Å². The number of fused-ring (bicyclic) bond motifs is 1. The molecule has 0 spiro atoms. The van der Waals surface area contributed by atoms with E-state index in [1.807, 2.05) is 22.6 Å². The van der Waals surface area contributed by atoms with Crippen molar-refractivity contribution < 1.29 is 4.79 Å². The molecule has 0 bridgehead atoms. The number of hydrogen-bond acceptors (Lipinski definition) is 2. The van der Waals surface area contributed by atoms with Gasteiger partial charge >= 0.3 is 0 Å². The molecular formula is C21H24N4O. The quantitative estimate of drug-likeness (QED) is 0.772. The molecule has 1 N–H and O–H groups in total. The van der Waals surface area contributed by atoms with Crippen molar-refractivity contribution in [2.24, 2.45) is 0 Å². The van der Waals surface area contributed by atoms with E-state index < -0.39 is 0 Å². The first kappa shape index (κ1) is 16.6. The Kier molecular flexibility index (Phi) is 4.15. The van der Waals surface area contributed by atoms with Gasteiger partial charge in [0.05, 0.1) is 11.8 Å². The van der Waals surface area contributed by atoms with Crippen LogP contribution in [0.3, 0.4) is 0 Å². The molecule has 1 aliphatic heterocycles. The summed E-state index contributed by atoms with van der Waals surface area (Å²) in [4.78, 5) is 18.1. The number of aromatic nitrogens is 3. The third-order valence-corrected chi connectivity index (χ3v) is 5.20. The molecular weight excluding hydrogens is 324 g/mol. The van der Waals surface area contributed by atoms with Gasteiger partial charge in [-0.1, -0.05) is 24.3 Å². The molecule has 0 saturated heterocycles. The number of hydrogen-bond donors (Lipinski definition) is 1. The lowest BCUT2D eigenvalue weighted by Crippen LogP contribution is -2.34. The lowest BCUT2D eigenvalue weighted by molar-refractivity contribution is 0.0772. The van der Waals surface area contributed by atoms with Crippen LogP contribution in [0.1, 0.15) is 47.9 Å². The van der Waals surface area contributed by atoms with E-state index in [-0.39, 0.29) is 11.9 Å². The summed E-state index contributed by atoms with van der Waals surface area (Å²) < 4.78 is 1.91. The molecule has 0 unspecified atom stereocenters. The van der Waals surface area contributed by atoms with Crippen LogP contribution in [0.25, 0.3) is 16.5 Å². The van der Waals surface area contributed by atoms with Gasteiger partial charge in [-0.25, -0.2) is 0 Å². The summed E-state index contributed by atoms with van der Waals surface area (Å²) in [6.07, 6.45) is 6.82. The van der Waals surface area contributed by atoms with Gasteiger partial charge in [0, 0.05) is 47.5 Å². The summed E-state index contributed by atoms with van der Waals surface area (Å²) in [7, 11) is 0. The van der Waals surface area contributed by atoms with E-state index in [9.17, 15) is 4.79 Å². The predicted molar refractivity (Wildman–Crippen MR) is 104 cm³/mol. The Morgan fingerprint density at radius 1 is 1.27 bits per heavy atom. The number of rotatable bonds is 3. The van der Waals surface area contributed by atoms with Crippen molar-refractivity contribution >= 4 is 22.4 Å². The fourth-order valence-electron chi connectivity index (χ4n) is 3.76. The van der Waals surface area contributed by atoms with E-state index in [1.54, 1.807) is 6.20 Å². The summed E-state index contributed by atoms with van der Waals surface area (Å²) in [6.45, 7) is 7.49. The second-order valence-electron chi connectivity index (χ2n) is 7.16. The molecule has 0 saturated carbocycles. The van der Waals surface area contributed by atoms with Crippen LogP contribution in [0.2, 0.25) is 0 Å². The minimum atomic E-state index is 0.0728. The van der Waals surface area contributed by atoms with Gasteiger partial charge in [0.25, 0.3) is 5.91 Å². The molecule has 0 radical (unpaired) electrons. The van der Waals surface area contributed by atoms with Crippen molar-refractivity contribution in [1.29, 1.82) is 0 Å². The zero-order valence-electron chi connectivity index (χ0n) is 15.5. The Morgan fingerprint density at radius 2 is 2.08 bits per heavy atom. The molecule has 3 aromatic rings. The third kappa shape index (κ3) is 2.73. The van der Waals surface area contributed by atoms with Crippen LogP contribution in [-0.2, 0) is 0 Å². The highest BCUT2D eigenvalue weighted by atomic mass is 16.2. The largest absolute Gasteiger partial charge is 0.361 e. The highest BCUT2D eigenvalue weighted by molar-refractivity contribution is 5.96. The number of carbonyl (C=O) groups excluding carboxylic acids is 1. The van der Waals surface area contributed by atoms with E-state index >= 15 is 0 Å². The minimum absolute atomic E-state index is 0.0728. The van der Waals surface area contributed by atoms with E-state index in [0.717, 1.165) is 24.2 Å². The third-order valence-electron chi connectivity index (χ3n) is 5.20.